The maximum absolute atomic E-state index is 12.6. The molecule has 0 radical (unpaired) electrons. The predicted octanol–water partition coefficient (Wildman–Crippen LogP) is 5.18. The summed E-state index contributed by atoms with van der Waals surface area (Å²) in [7, 11) is 0. The van der Waals surface area contributed by atoms with Crippen LogP contribution in [0.2, 0.25) is 0 Å². The number of ketones is 1. The van der Waals surface area contributed by atoms with Crippen LogP contribution in [0, 0.1) is 0 Å². The maximum Gasteiger partial charge on any atom is 0.416 e. The predicted molar refractivity (Wildman–Crippen MR) is 85.9 cm³/mol. The summed E-state index contributed by atoms with van der Waals surface area (Å²) in [5.74, 6) is -0.207. The summed E-state index contributed by atoms with van der Waals surface area (Å²) < 4.78 is 37.9. The van der Waals surface area contributed by atoms with Crippen molar-refractivity contribution in [2.75, 3.05) is 0 Å². The van der Waals surface area contributed by atoms with Crippen molar-refractivity contribution in [3.8, 4) is 0 Å². The number of hydrogen-bond donors (Lipinski definition) is 0. The minimum atomic E-state index is -4.39. The molecular weight excluding hydrogens is 315 g/mol. The molecule has 0 atom stereocenters. The molecule has 0 saturated heterocycles. The van der Waals surface area contributed by atoms with Crippen LogP contribution in [-0.2, 0) is 6.18 Å². The van der Waals surface area contributed by atoms with Crippen LogP contribution in [-0.4, -0.2) is 11.5 Å². The van der Waals surface area contributed by atoms with Gasteiger partial charge < -0.3 is 0 Å². The first kappa shape index (κ1) is 14.6. The van der Waals surface area contributed by atoms with Gasteiger partial charge in [0.1, 0.15) is 5.71 Å². The standard InChI is InChI=1S/C19H10F3NO/c20-19(21,22)12-7-9-13(10-8-12)23-17-14-5-1-3-11-4-2-6-15(16(11)14)18(17)24/h1-10H. The number of carbonyl (C=O) groups is 1. The summed E-state index contributed by atoms with van der Waals surface area (Å²) in [6.07, 6.45) is -4.39. The number of Topliss-reactive ketones (excluding diaryl/α,β-unsaturated/α-hetero) is 1. The van der Waals surface area contributed by atoms with Crippen molar-refractivity contribution in [1.29, 1.82) is 0 Å². The van der Waals surface area contributed by atoms with Crippen molar-refractivity contribution >= 4 is 28.0 Å². The first-order valence-electron chi connectivity index (χ1n) is 7.28. The Morgan fingerprint density at radius 2 is 1.42 bits per heavy atom. The molecule has 2 nitrogen and oxygen atoms in total. The highest BCUT2D eigenvalue weighted by molar-refractivity contribution is 6.59. The second-order valence-corrected chi connectivity index (χ2v) is 5.54. The third kappa shape index (κ3) is 2.21. The van der Waals surface area contributed by atoms with Gasteiger partial charge in [-0.25, -0.2) is 4.99 Å². The van der Waals surface area contributed by atoms with Crippen molar-refractivity contribution in [2.24, 2.45) is 4.99 Å². The fourth-order valence-corrected chi connectivity index (χ4v) is 2.94. The van der Waals surface area contributed by atoms with Crippen LogP contribution in [0.15, 0.2) is 65.7 Å². The van der Waals surface area contributed by atoms with Crippen LogP contribution in [0.5, 0.6) is 0 Å². The fourth-order valence-electron chi connectivity index (χ4n) is 2.94. The van der Waals surface area contributed by atoms with Gasteiger partial charge in [0, 0.05) is 16.5 Å². The first-order valence-corrected chi connectivity index (χ1v) is 7.28. The molecule has 0 saturated carbocycles. The number of nitrogens with zero attached hydrogens (tertiary/aromatic N) is 1. The lowest BCUT2D eigenvalue weighted by molar-refractivity contribution is -0.137. The van der Waals surface area contributed by atoms with Gasteiger partial charge in [-0.1, -0.05) is 36.4 Å². The molecule has 1 aliphatic carbocycles. The molecule has 5 heteroatoms. The van der Waals surface area contributed by atoms with Crippen molar-refractivity contribution in [3.05, 3.63) is 77.4 Å². The number of benzene rings is 3. The first-order chi connectivity index (χ1) is 11.4. The normalized spacial score (nSPS) is 15.5. The molecule has 3 aromatic rings. The minimum Gasteiger partial charge on any atom is -0.287 e. The smallest absolute Gasteiger partial charge is 0.287 e. The molecule has 0 heterocycles. The van der Waals surface area contributed by atoms with Crippen molar-refractivity contribution in [1.82, 2.24) is 0 Å². The van der Waals surface area contributed by atoms with Crippen molar-refractivity contribution < 1.29 is 18.0 Å². The van der Waals surface area contributed by atoms with E-state index in [0.717, 1.165) is 22.9 Å². The molecule has 3 aromatic carbocycles. The largest absolute Gasteiger partial charge is 0.416 e. The van der Waals surface area contributed by atoms with Crippen LogP contribution in [0.3, 0.4) is 0 Å². The number of rotatable bonds is 1. The van der Waals surface area contributed by atoms with Gasteiger partial charge in [-0.3, -0.25) is 4.79 Å². The number of aliphatic imine (C=N–C) groups is 1. The van der Waals surface area contributed by atoms with E-state index in [1.54, 1.807) is 18.2 Å². The number of halogens is 3. The Hall–Kier alpha value is -2.95. The SMILES string of the molecule is O=C1C(=Nc2ccc(C(F)(F)F)cc2)c2cccc3cccc1c23. The van der Waals surface area contributed by atoms with Crippen LogP contribution >= 0.6 is 0 Å². The highest BCUT2D eigenvalue weighted by atomic mass is 19.4. The summed E-state index contributed by atoms with van der Waals surface area (Å²) >= 11 is 0. The molecule has 118 valence electrons. The van der Waals surface area contributed by atoms with Crippen LogP contribution in [0.4, 0.5) is 18.9 Å². The molecule has 0 unspecified atom stereocenters. The van der Waals surface area contributed by atoms with Gasteiger partial charge in [-0.2, -0.15) is 13.2 Å². The molecule has 0 aliphatic heterocycles. The lowest BCUT2D eigenvalue weighted by Gasteiger charge is -2.06. The summed E-state index contributed by atoms with van der Waals surface area (Å²) in [6.45, 7) is 0. The van der Waals surface area contributed by atoms with E-state index < -0.39 is 11.7 Å². The number of alkyl halides is 3. The van der Waals surface area contributed by atoms with Gasteiger partial charge in [-0.15, -0.1) is 0 Å². The van der Waals surface area contributed by atoms with Crippen molar-refractivity contribution in [3.63, 3.8) is 0 Å². The van der Waals surface area contributed by atoms with Gasteiger partial charge in [-0.05, 0) is 29.7 Å². The molecule has 0 fully saturated rings. The second kappa shape index (κ2) is 5.03. The van der Waals surface area contributed by atoms with Crippen molar-refractivity contribution in [2.45, 2.75) is 6.18 Å². The van der Waals surface area contributed by atoms with Gasteiger partial charge >= 0.3 is 6.18 Å². The molecule has 0 amide bonds. The van der Waals surface area contributed by atoms with E-state index in [1.165, 1.54) is 12.1 Å². The van der Waals surface area contributed by atoms with E-state index in [0.29, 0.717) is 16.8 Å². The summed E-state index contributed by atoms with van der Waals surface area (Å²) in [6, 6.07) is 15.5. The molecular formula is C19H10F3NO. The summed E-state index contributed by atoms with van der Waals surface area (Å²) in [4.78, 5) is 16.9. The molecule has 0 N–H and O–H groups in total. The summed E-state index contributed by atoms with van der Waals surface area (Å²) in [5.41, 5.74) is 1.13. The van der Waals surface area contributed by atoms with Crippen LogP contribution in [0.1, 0.15) is 21.5 Å². The van der Waals surface area contributed by atoms with Crippen LogP contribution in [0.25, 0.3) is 10.8 Å². The Labute approximate surface area is 135 Å². The monoisotopic (exact) mass is 325 g/mol. The average molecular weight is 325 g/mol. The van der Waals surface area contributed by atoms with Gasteiger partial charge in [0.2, 0.25) is 5.78 Å². The Bertz CT molecular complexity index is 996. The molecule has 0 aromatic heterocycles. The Morgan fingerprint density at radius 1 is 0.792 bits per heavy atom. The Balaban J connectivity index is 1.82. The zero-order chi connectivity index (χ0) is 16.9. The van der Waals surface area contributed by atoms with Crippen LogP contribution < -0.4 is 0 Å². The molecule has 0 spiro atoms. The highest BCUT2D eigenvalue weighted by Gasteiger charge is 2.31. The third-order valence-corrected chi connectivity index (χ3v) is 4.06. The van der Waals surface area contributed by atoms with E-state index >= 15 is 0 Å². The van der Waals surface area contributed by atoms with E-state index in [-0.39, 0.29) is 11.5 Å². The molecule has 1 aliphatic rings. The van der Waals surface area contributed by atoms with Gasteiger partial charge in [0.25, 0.3) is 0 Å². The number of carbonyl (C=O) groups excluding carboxylic acids is 1. The van der Waals surface area contributed by atoms with E-state index in [4.69, 9.17) is 0 Å². The third-order valence-electron chi connectivity index (χ3n) is 4.06. The molecule has 4 rings (SSSR count). The molecule has 24 heavy (non-hydrogen) atoms. The lowest BCUT2D eigenvalue weighted by atomic mass is 10.1. The van der Waals surface area contributed by atoms with E-state index in [9.17, 15) is 18.0 Å². The van der Waals surface area contributed by atoms with Gasteiger partial charge in [0.05, 0.1) is 11.3 Å². The maximum atomic E-state index is 12.6. The Kier molecular flexibility index (Phi) is 3.06. The van der Waals surface area contributed by atoms with E-state index in [1.807, 2.05) is 18.2 Å². The lowest BCUT2D eigenvalue weighted by Crippen LogP contribution is -2.08. The second-order valence-electron chi connectivity index (χ2n) is 5.54. The Morgan fingerprint density at radius 3 is 2.04 bits per heavy atom. The number of hydrogen-bond acceptors (Lipinski definition) is 2. The zero-order valence-electron chi connectivity index (χ0n) is 12.3. The van der Waals surface area contributed by atoms with E-state index in [2.05, 4.69) is 4.99 Å². The molecule has 0 bridgehead atoms. The summed E-state index contributed by atoms with van der Waals surface area (Å²) in [5, 5.41) is 1.78. The topological polar surface area (TPSA) is 29.4 Å². The fraction of sp³-hybridized carbons (Fsp3) is 0.0526. The average Bonchev–Trinajstić information content (AvgIpc) is 2.83. The quantitative estimate of drug-likeness (QED) is 0.606. The van der Waals surface area contributed by atoms with Gasteiger partial charge in [0.15, 0.2) is 0 Å². The zero-order valence-corrected chi connectivity index (χ0v) is 12.3. The highest BCUT2D eigenvalue weighted by Crippen LogP contribution is 2.33. The minimum absolute atomic E-state index is 0.207.